The third-order valence-corrected chi connectivity index (χ3v) is 5.05. The molecular formula is C16H21N7O2. The lowest BCUT2D eigenvalue weighted by molar-refractivity contribution is 0.240. The van der Waals surface area contributed by atoms with E-state index in [1.807, 2.05) is 31.2 Å². The van der Waals surface area contributed by atoms with Gasteiger partial charge in [0, 0.05) is 38.9 Å². The number of aryl methyl sites for hydroxylation is 3. The van der Waals surface area contributed by atoms with Crippen LogP contribution < -0.4 is 11.2 Å². The zero-order valence-corrected chi connectivity index (χ0v) is 14.6. The second-order valence-electron chi connectivity index (χ2n) is 6.65. The van der Waals surface area contributed by atoms with Gasteiger partial charge >= 0.3 is 5.69 Å². The number of nitrogens with zero attached hydrogens (tertiary/aromatic N) is 6. The lowest BCUT2D eigenvalue weighted by Gasteiger charge is -2.23. The molecule has 1 atom stereocenters. The SMILES string of the molecule is Cn1cc(C2CCCN2Cc2nc3c(c(=O)[nH]c(=O)n3C)n2C)cn1. The van der Waals surface area contributed by atoms with Gasteiger partial charge in [0.1, 0.15) is 5.82 Å². The summed E-state index contributed by atoms with van der Waals surface area (Å²) in [7, 11) is 5.35. The molecule has 1 aliphatic rings. The molecule has 0 saturated carbocycles. The van der Waals surface area contributed by atoms with Crippen LogP contribution in [-0.4, -0.2) is 40.3 Å². The van der Waals surface area contributed by atoms with E-state index < -0.39 is 11.2 Å². The third kappa shape index (κ3) is 2.51. The Morgan fingerprint density at radius 3 is 2.76 bits per heavy atom. The second kappa shape index (κ2) is 5.69. The van der Waals surface area contributed by atoms with E-state index >= 15 is 0 Å². The first-order valence-electron chi connectivity index (χ1n) is 8.33. The predicted molar refractivity (Wildman–Crippen MR) is 92.2 cm³/mol. The number of fused-ring (bicyclic) bond motifs is 1. The van der Waals surface area contributed by atoms with Gasteiger partial charge in [-0.25, -0.2) is 9.78 Å². The maximum atomic E-state index is 12.2. The fraction of sp³-hybridized carbons (Fsp3) is 0.500. The zero-order valence-electron chi connectivity index (χ0n) is 14.6. The lowest BCUT2D eigenvalue weighted by atomic mass is 10.1. The van der Waals surface area contributed by atoms with Crippen molar-refractivity contribution < 1.29 is 0 Å². The van der Waals surface area contributed by atoms with Crippen LogP contribution in [0.3, 0.4) is 0 Å². The summed E-state index contributed by atoms with van der Waals surface area (Å²) >= 11 is 0. The minimum Gasteiger partial charge on any atom is -0.324 e. The van der Waals surface area contributed by atoms with Gasteiger partial charge in [0.05, 0.1) is 12.7 Å². The Morgan fingerprint density at radius 1 is 1.24 bits per heavy atom. The number of likely N-dealkylation sites (tertiary alicyclic amines) is 1. The van der Waals surface area contributed by atoms with Crippen molar-refractivity contribution in [2.24, 2.45) is 21.1 Å². The summed E-state index contributed by atoms with van der Waals surface area (Å²) in [4.78, 5) is 33.2. The highest BCUT2D eigenvalue weighted by molar-refractivity contribution is 5.70. The van der Waals surface area contributed by atoms with E-state index in [2.05, 4.69) is 20.0 Å². The summed E-state index contributed by atoms with van der Waals surface area (Å²) in [6.45, 7) is 1.59. The van der Waals surface area contributed by atoms with Crippen molar-refractivity contribution in [1.82, 2.24) is 33.8 Å². The standard InChI is InChI=1S/C16H21N7O2/c1-20-8-10(7-17-20)11-5-4-6-23(11)9-12-18-14-13(21(12)2)15(24)19-16(25)22(14)3/h7-8,11H,4-6,9H2,1-3H3,(H,19,24,25). The van der Waals surface area contributed by atoms with Gasteiger partial charge < -0.3 is 4.57 Å². The summed E-state index contributed by atoms with van der Waals surface area (Å²) in [5, 5.41) is 4.27. The number of hydrogen-bond acceptors (Lipinski definition) is 5. The molecule has 25 heavy (non-hydrogen) atoms. The fourth-order valence-corrected chi connectivity index (χ4v) is 3.68. The number of aromatic amines is 1. The van der Waals surface area contributed by atoms with Crippen molar-refractivity contribution in [2.75, 3.05) is 6.54 Å². The maximum absolute atomic E-state index is 12.2. The Hall–Kier alpha value is -2.68. The Labute approximate surface area is 143 Å². The predicted octanol–water partition coefficient (Wildman–Crippen LogP) is 0.0309. The Morgan fingerprint density at radius 2 is 2.04 bits per heavy atom. The fourth-order valence-electron chi connectivity index (χ4n) is 3.68. The first-order valence-corrected chi connectivity index (χ1v) is 8.33. The van der Waals surface area contributed by atoms with Crippen molar-refractivity contribution in [3.63, 3.8) is 0 Å². The lowest BCUT2D eigenvalue weighted by Crippen LogP contribution is -2.29. The quantitative estimate of drug-likeness (QED) is 0.724. The zero-order chi connectivity index (χ0) is 17.7. The van der Waals surface area contributed by atoms with Crippen LogP contribution in [-0.2, 0) is 27.7 Å². The summed E-state index contributed by atoms with van der Waals surface area (Å²) in [6.07, 6.45) is 6.15. The number of hydrogen-bond donors (Lipinski definition) is 1. The van der Waals surface area contributed by atoms with Crippen LogP contribution in [0, 0.1) is 0 Å². The van der Waals surface area contributed by atoms with E-state index in [0.717, 1.165) is 25.2 Å². The first-order chi connectivity index (χ1) is 12.0. The normalized spacial score (nSPS) is 18.4. The molecule has 3 aromatic rings. The Balaban J connectivity index is 1.72. The van der Waals surface area contributed by atoms with Crippen LogP contribution in [0.25, 0.3) is 11.2 Å². The van der Waals surface area contributed by atoms with E-state index in [1.54, 1.807) is 11.6 Å². The highest BCUT2D eigenvalue weighted by Crippen LogP contribution is 2.32. The molecule has 1 fully saturated rings. The van der Waals surface area contributed by atoms with Crippen LogP contribution in [0.5, 0.6) is 0 Å². The third-order valence-electron chi connectivity index (χ3n) is 5.05. The van der Waals surface area contributed by atoms with Gasteiger partial charge in [0.15, 0.2) is 11.2 Å². The van der Waals surface area contributed by atoms with Gasteiger partial charge in [0.2, 0.25) is 0 Å². The van der Waals surface area contributed by atoms with Crippen LogP contribution in [0.1, 0.15) is 30.3 Å². The number of aromatic nitrogens is 6. The molecule has 1 N–H and O–H groups in total. The van der Waals surface area contributed by atoms with Crippen molar-refractivity contribution in [3.05, 3.63) is 44.6 Å². The summed E-state index contributed by atoms with van der Waals surface area (Å²) in [5.41, 5.74) is 1.20. The summed E-state index contributed by atoms with van der Waals surface area (Å²) in [6, 6.07) is 0.301. The molecule has 4 rings (SSSR count). The number of imidazole rings is 1. The molecule has 1 saturated heterocycles. The van der Waals surface area contributed by atoms with Crippen LogP contribution in [0.15, 0.2) is 22.0 Å². The second-order valence-corrected chi connectivity index (χ2v) is 6.65. The van der Waals surface area contributed by atoms with Crippen molar-refractivity contribution in [3.8, 4) is 0 Å². The number of rotatable bonds is 3. The largest absolute Gasteiger partial charge is 0.329 e. The van der Waals surface area contributed by atoms with Gasteiger partial charge in [-0.3, -0.25) is 23.9 Å². The van der Waals surface area contributed by atoms with Gasteiger partial charge in [-0.2, -0.15) is 5.10 Å². The van der Waals surface area contributed by atoms with Gasteiger partial charge in [0.25, 0.3) is 5.56 Å². The molecule has 0 aromatic carbocycles. The molecule has 0 radical (unpaired) electrons. The van der Waals surface area contributed by atoms with Crippen molar-refractivity contribution in [2.45, 2.75) is 25.4 Å². The van der Waals surface area contributed by atoms with Crippen molar-refractivity contribution >= 4 is 11.2 Å². The molecule has 1 aliphatic heterocycles. The highest BCUT2D eigenvalue weighted by atomic mass is 16.2. The Kier molecular flexibility index (Phi) is 3.60. The monoisotopic (exact) mass is 343 g/mol. The molecule has 3 aromatic heterocycles. The van der Waals surface area contributed by atoms with Gasteiger partial charge in [-0.1, -0.05) is 0 Å². The number of nitrogens with one attached hydrogen (secondary N) is 1. The molecule has 0 bridgehead atoms. The molecule has 132 valence electrons. The molecule has 0 spiro atoms. The summed E-state index contributed by atoms with van der Waals surface area (Å²) in [5.74, 6) is 0.775. The maximum Gasteiger partial charge on any atom is 0.329 e. The van der Waals surface area contributed by atoms with Crippen LogP contribution in [0.4, 0.5) is 0 Å². The first kappa shape index (κ1) is 15.8. The van der Waals surface area contributed by atoms with E-state index in [1.165, 1.54) is 10.1 Å². The van der Waals surface area contributed by atoms with E-state index in [4.69, 9.17) is 0 Å². The molecule has 9 heteroatoms. The highest BCUT2D eigenvalue weighted by Gasteiger charge is 2.28. The molecule has 4 heterocycles. The molecule has 0 amide bonds. The van der Waals surface area contributed by atoms with Gasteiger partial charge in [-0.15, -0.1) is 0 Å². The minimum atomic E-state index is -0.448. The smallest absolute Gasteiger partial charge is 0.324 e. The molecule has 0 aliphatic carbocycles. The Bertz CT molecular complexity index is 1050. The van der Waals surface area contributed by atoms with Gasteiger partial charge in [-0.05, 0) is 19.4 Å². The van der Waals surface area contributed by atoms with Crippen LogP contribution in [0.2, 0.25) is 0 Å². The van der Waals surface area contributed by atoms with E-state index in [0.29, 0.717) is 23.8 Å². The van der Waals surface area contributed by atoms with Crippen LogP contribution >= 0.6 is 0 Å². The van der Waals surface area contributed by atoms with E-state index in [9.17, 15) is 9.59 Å². The molecule has 1 unspecified atom stereocenters. The molecular weight excluding hydrogens is 322 g/mol. The average molecular weight is 343 g/mol. The van der Waals surface area contributed by atoms with E-state index in [-0.39, 0.29) is 0 Å². The minimum absolute atomic E-state index is 0.301. The average Bonchev–Trinajstić information content (AvgIpc) is 3.26. The number of H-pyrrole nitrogens is 1. The van der Waals surface area contributed by atoms with Crippen molar-refractivity contribution in [1.29, 1.82) is 0 Å². The summed E-state index contributed by atoms with van der Waals surface area (Å²) < 4.78 is 4.98. The molecule has 9 nitrogen and oxygen atoms in total. The topological polar surface area (TPSA) is 93.7 Å².